The fourth-order valence-electron chi connectivity index (χ4n) is 5.34. The molecular weight excluding hydrogens is 502 g/mol. The number of benzene rings is 1. The van der Waals surface area contributed by atoms with Gasteiger partial charge in [-0.1, -0.05) is 25.5 Å². The molecule has 10 nitrogen and oxygen atoms in total. The fraction of sp³-hybridized carbons (Fsp3) is 0.593. The first kappa shape index (κ1) is 27.0. The second-order valence-electron chi connectivity index (χ2n) is 10.5. The molecular formula is C27H39N7O3S. The van der Waals surface area contributed by atoms with E-state index in [4.69, 9.17) is 10.1 Å². The number of aliphatic hydroxyl groups excluding tert-OH is 1. The molecule has 1 aliphatic heterocycles. The fourth-order valence-corrected chi connectivity index (χ4v) is 6.46. The van der Waals surface area contributed by atoms with E-state index in [-0.39, 0.29) is 17.0 Å². The van der Waals surface area contributed by atoms with Crippen molar-refractivity contribution in [3.8, 4) is 11.3 Å². The Balaban J connectivity index is 1.41. The van der Waals surface area contributed by atoms with Gasteiger partial charge in [0.1, 0.15) is 5.69 Å². The molecule has 0 amide bonds. The summed E-state index contributed by atoms with van der Waals surface area (Å²) in [7, 11) is -3.59. The molecule has 11 heteroatoms. The maximum absolute atomic E-state index is 12.9. The van der Waals surface area contributed by atoms with Crippen LogP contribution in [0, 0.1) is 5.92 Å². The van der Waals surface area contributed by atoms with Gasteiger partial charge in [-0.15, -0.1) is 0 Å². The summed E-state index contributed by atoms with van der Waals surface area (Å²) in [6.45, 7) is 5.28. The van der Waals surface area contributed by atoms with E-state index in [0.717, 1.165) is 93.3 Å². The van der Waals surface area contributed by atoms with E-state index in [1.165, 1.54) is 0 Å². The van der Waals surface area contributed by atoms with Crippen LogP contribution < -0.4 is 15.4 Å². The minimum absolute atomic E-state index is 0.145. The van der Waals surface area contributed by atoms with Crippen LogP contribution in [0.15, 0.2) is 35.4 Å². The number of nitrogens with zero attached hydrogens (tertiary/aromatic N) is 4. The number of piperidine rings is 1. The Bertz CT molecular complexity index is 1310. The molecule has 0 radical (unpaired) electrons. The van der Waals surface area contributed by atoms with E-state index in [1.807, 2.05) is 16.8 Å². The zero-order chi connectivity index (χ0) is 26.5. The molecule has 3 heterocycles. The van der Waals surface area contributed by atoms with Crippen LogP contribution in [0.25, 0.3) is 22.3 Å². The van der Waals surface area contributed by atoms with Crippen LogP contribution >= 0.6 is 0 Å². The van der Waals surface area contributed by atoms with Gasteiger partial charge in [0.25, 0.3) is 0 Å². The van der Waals surface area contributed by atoms with Crippen LogP contribution in [-0.4, -0.2) is 65.6 Å². The lowest BCUT2D eigenvalue weighted by atomic mass is 9.93. The van der Waals surface area contributed by atoms with Crippen LogP contribution in [0.1, 0.15) is 64.3 Å². The number of rotatable bonds is 10. The van der Waals surface area contributed by atoms with Crippen molar-refractivity contribution < 1.29 is 13.5 Å². The second kappa shape index (κ2) is 12.1. The average molecular weight is 542 g/mol. The van der Waals surface area contributed by atoms with Gasteiger partial charge in [-0.25, -0.2) is 22.8 Å². The SMILES string of the molecule is CCCCNc1ncc2c(-c3ccc(S(=O)(=O)NCC4CCNCC4)cc3)nn([C@H]3CC[C@@H](O)CC3)c2n1. The maximum Gasteiger partial charge on any atom is 0.240 e. The molecule has 3 aromatic rings. The van der Waals surface area contributed by atoms with Crippen LogP contribution in [0.5, 0.6) is 0 Å². The van der Waals surface area contributed by atoms with Crippen LogP contribution in [0.2, 0.25) is 0 Å². The highest BCUT2D eigenvalue weighted by Crippen LogP contribution is 2.34. The maximum atomic E-state index is 12.9. The zero-order valence-corrected chi connectivity index (χ0v) is 22.9. The van der Waals surface area contributed by atoms with Gasteiger partial charge in [0, 0.05) is 24.8 Å². The Labute approximate surface area is 224 Å². The van der Waals surface area contributed by atoms with Gasteiger partial charge in [0.2, 0.25) is 16.0 Å². The van der Waals surface area contributed by atoms with E-state index in [1.54, 1.807) is 18.3 Å². The van der Waals surface area contributed by atoms with Crippen molar-refractivity contribution in [1.29, 1.82) is 0 Å². The zero-order valence-electron chi connectivity index (χ0n) is 22.1. The standard InChI is InChI=1S/C27H39N7O3S/c1-2-3-14-29-27-30-18-24-25(33-34(26(24)32-27)21-6-8-22(35)9-7-21)20-4-10-23(11-5-20)38(36,37)31-17-19-12-15-28-16-13-19/h4-5,10-11,18-19,21-22,28,31,35H,2-3,6-9,12-17H2,1H3,(H,29,30,32)/t21-,22+. The minimum Gasteiger partial charge on any atom is -0.393 e. The number of anilines is 1. The molecule has 0 spiro atoms. The first-order valence-electron chi connectivity index (χ1n) is 13.9. The number of hydrogen-bond acceptors (Lipinski definition) is 8. The van der Waals surface area contributed by atoms with Gasteiger partial charge in [-0.05, 0) is 76.1 Å². The predicted molar refractivity (Wildman–Crippen MR) is 148 cm³/mol. The molecule has 1 saturated carbocycles. The van der Waals surface area contributed by atoms with Gasteiger partial charge >= 0.3 is 0 Å². The molecule has 206 valence electrons. The Morgan fingerprint density at radius 1 is 1.08 bits per heavy atom. The molecule has 2 fully saturated rings. The molecule has 0 unspecified atom stereocenters. The minimum atomic E-state index is -3.59. The smallest absolute Gasteiger partial charge is 0.240 e. The summed E-state index contributed by atoms with van der Waals surface area (Å²) in [6, 6.07) is 7.05. The first-order valence-corrected chi connectivity index (χ1v) is 15.4. The van der Waals surface area contributed by atoms with Gasteiger partial charge in [-0.2, -0.15) is 10.1 Å². The molecule has 1 aromatic carbocycles. The molecule has 38 heavy (non-hydrogen) atoms. The van der Waals surface area contributed by atoms with Crippen molar-refractivity contribution in [2.24, 2.45) is 5.92 Å². The number of fused-ring (bicyclic) bond motifs is 1. The summed E-state index contributed by atoms with van der Waals surface area (Å²) >= 11 is 0. The lowest BCUT2D eigenvalue weighted by molar-refractivity contribution is 0.109. The summed E-state index contributed by atoms with van der Waals surface area (Å²) in [4.78, 5) is 9.60. The van der Waals surface area contributed by atoms with Crippen molar-refractivity contribution in [2.75, 3.05) is 31.5 Å². The third-order valence-electron chi connectivity index (χ3n) is 7.73. The third-order valence-corrected chi connectivity index (χ3v) is 9.17. The van der Waals surface area contributed by atoms with Crippen LogP contribution in [0.3, 0.4) is 0 Å². The molecule has 1 aliphatic carbocycles. The molecule has 0 bridgehead atoms. The van der Waals surface area contributed by atoms with Crippen molar-refractivity contribution in [3.63, 3.8) is 0 Å². The Morgan fingerprint density at radius 2 is 1.82 bits per heavy atom. The molecule has 2 aliphatic rings. The van der Waals surface area contributed by atoms with E-state index in [0.29, 0.717) is 18.4 Å². The lowest BCUT2D eigenvalue weighted by Crippen LogP contribution is -2.35. The summed E-state index contributed by atoms with van der Waals surface area (Å²) < 4.78 is 30.6. The van der Waals surface area contributed by atoms with Crippen molar-refractivity contribution >= 4 is 27.0 Å². The molecule has 4 N–H and O–H groups in total. The highest BCUT2D eigenvalue weighted by molar-refractivity contribution is 7.89. The Morgan fingerprint density at radius 3 is 2.53 bits per heavy atom. The van der Waals surface area contributed by atoms with Gasteiger partial charge in [0.15, 0.2) is 5.65 Å². The van der Waals surface area contributed by atoms with E-state index < -0.39 is 10.0 Å². The number of sulfonamides is 1. The molecule has 0 atom stereocenters. The van der Waals surface area contributed by atoms with Crippen molar-refractivity contribution in [2.45, 2.75) is 75.3 Å². The first-order chi connectivity index (χ1) is 18.4. The number of hydrogen-bond donors (Lipinski definition) is 4. The Kier molecular flexibility index (Phi) is 8.57. The van der Waals surface area contributed by atoms with Gasteiger partial charge in [0.05, 0.1) is 22.4 Å². The molecule has 2 aromatic heterocycles. The van der Waals surface area contributed by atoms with Crippen molar-refractivity contribution in [3.05, 3.63) is 30.5 Å². The van der Waals surface area contributed by atoms with E-state index >= 15 is 0 Å². The highest BCUT2D eigenvalue weighted by Gasteiger charge is 2.26. The number of unbranched alkanes of at least 4 members (excludes halogenated alkanes) is 1. The summed E-state index contributed by atoms with van der Waals surface area (Å²) in [6.07, 6.45) is 8.78. The third kappa shape index (κ3) is 6.17. The van der Waals surface area contributed by atoms with Crippen molar-refractivity contribution in [1.82, 2.24) is 29.8 Å². The lowest BCUT2D eigenvalue weighted by Gasteiger charge is -2.25. The van der Waals surface area contributed by atoms with Crippen LogP contribution in [-0.2, 0) is 10.0 Å². The van der Waals surface area contributed by atoms with Gasteiger partial charge < -0.3 is 15.7 Å². The summed E-state index contributed by atoms with van der Waals surface area (Å²) in [5.74, 6) is 0.943. The average Bonchev–Trinajstić information content (AvgIpc) is 3.32. The second-order valence-corrected chi connectivity index (χ2v) is 12.3. The number of aromatic nitrogens is 4. The molecule has 1 saturated heterocycles. The van der Waals surface area contributed by atoms with E-state index in [2.05, 4.69) is 27.3 Å². The number of nitrogens with one attached hydrogen (secondary N) is 3. The molecule has 5 rings (SSSR count). The normalized spacial score (nSPS) is 21.1. The monoisotopic (exact) mass is 541 g/mol. The highest BCUT2D eigenvalue weighted by atomic mass is 32.2. The van der Waals surface area contributed by atoms with E-state index in [9.17, 15) is 13.5 Å². The van der Waals surface area contributed by atoms with Crippen LogP contribution in [0.4, 0.5) is 5.95 Å². The van der Waals surface area contributed by atoms with Gasteiger partial charge in [-0.3, -0.25) is 0 Å². The Hall–Kier alpha value is -2.60. The number of aliphatic hydroxyl groups is 1. The summed E-state index contributed by atoms with van der Waals surface area (Å²) in [5.41, 5.74) is 2.31. The quantitative estimate of drug-likeness (QED) is 0.287. The predicted octanol–water partition coefficient (Wildman–Crippen LogP) is 3.46. The topological polar surface area (TPSA) is 134 Å². The summed E-state index contributed by atoms with van der Waals surface area (Å²) in [5, 5.41) is 22.4. The largest absolute Gasteiger partial charge is 0.393 e.